The average molecular weight is 450 g/mol. The van der Waals surface area contributed by atoms with Crippen molar-refractivity contribution >= 4 is 27.8 Å². The van der Waals surface area contributed by atoms with Gasteiger partial charge in [-0.3, -0.25) is 14.8 Å². The van der Waals surface area contributed by atoms with Crippen molar-refractivity contribution in [2.24, 2.45) is 5.84 Å². The summed E-state index contributed by atoms with van der Waals surface area (Å²) in [5, 5.41) is 3.50. The fraction of sp³-hybridized carbons (Fsp3) is 0.179. The number of benzene rings is 2. The van der Waals surface area contributed by atoms with E-state index in [-0.39, 0.29) is 5.91 Å². The number of hydrogen-bond acceptors (Lipinski definition) is 4. The number of nitrogens with two attached hydrogens (primary N) is 1. The number of pyridine rings is 2. The molecule has 2 aromatic carbocycles. The van der Waals surface area contributed by atoms with E-state index in [4.69, 9.17) is 10.8 Å². The van der Waals surface area contributed by atoms with Gasteiger partial charge in [0.1, 0.15) is 5.65 Å². The van der Waals surface area contributed by atoms with Crippen LogP contribution in [0.1, 0.15) is 35.7 Å². The van der Waals surface area contributed by atoms with Crippen molar-refractivity contribution in [3.63, 3.8) is 0 Å². The van der Waals surface area contributed by atoms with E-state index < -0.39 is 0 Å². The number of carbonyl (C=O) groups excluding carboxylic acids is 1. The van der Waals surface area contributed by atoms with Crippen LogP contribution in [0, 0.1) is 0 Å². The highest BCUT2D eigenvalue weighted by Gasteiger charge is 2.12. The highest BCUT2D eigenvalue weighted by Crippen LogP contribution is 2.26. The van der Waals surface area contributed by atoms with Crippen LogP contribution in [-0.2, 0) is 6.54 Å². The van der Waals surface area contributed by atoms with Crippen LogP contribution < -0.4 is 5.84 Å². The molecule has 2 N–H and O–H groups in total. The third kappa shape index (κ3) is 4.40. The zero-order chi connectivity index (χ0) is 23.5. The minimum Gasteiger partial charge on any atom is -0.328 e. The van der Waals surface area contributed by atoms with E-state index in [1.807, 2.05) is 42.7 Å². The first-order chi connectivity index (χ1) is 16.6. The SMILES string of the molecule is CCCCN(N)C(=O)c1ccc(Cn2ccc3cc(-c4ccc5cccnc5c4)cnc32)cc1. The van der Waals surface area contributed by atoms with Crippen LogP contribution in [-0.4, -0.2) is 32.0 Å². The van der Waals surface area contributed by atoms with Crippen LogP contribution in [0.5, 0.6) is 0 Å². The van der Waals surface area contributed by atoms with E-state index >= 15 is 0 Å². The van der Waals surface area contributed by atoms with E-state index in [0.29, 0.717) is 18.7 Å². The standard InChI is InChI=1S/C28H27N5O/c1-2-3-14-33(29)28(34)22-8-6-20(7-9-22)19-32-15-12-24-16-25(18-31-27(24)32)23-11-10-21-5-4-13-30-26(21)17-23/h4-13,15-18H,2-3,14,19,29H2,1H3. The molecule has 0 fully saturated rings. The topological polar surface area (TPSA) is 77.0 Å². The number of rotatable bonds is 7. The Bertz CT molecular complexity index is 1460. The average Bonchev–Trinajstić information content (AvgIpc) is 3.28. The highest BCUT2D eigenvalue weighted by molar-refractivity contribution is 5.93. The Labute approximate surface area is 198 Å². The summed E-state index contributed by atoms with van der Waals surface area (Å²) < 4.78 is 2.12. The van der Waals surface area contributed by atoms with Crippen LogP contribution in [0.25, 0.3) is 33.1 Å². The number of carbonyl (C=O) groups is 1. The van der Waals surface area contributed by atoms with Crippen molar-refractivity contribution in [3.05, 3.63) is 96.4 Å². The van der Waals surface area contributed by atoms with E-state index in [2.05, 4.69) is 59.1 Å². The molecule has 0 aliphatic heterocycles. The molecule has 5 rings (SSSR count). The lowest BCUT2D eigenvalue weighted by molar-refractivity contribution is 0.0753. The fourth-order valence-electron chi connectivity index (χ4n) is 4.15. The molecule has 6 heteroatoms. The van der Waals surface area contributed by atoms with E-state index in [1.54, 1.807) is 0 Å². The Balaban J connectivity index is 1.34. The lowest BCUT2D eigenvalue weighted by atomic mass is 10.0. The van der Waals surface area contributed by atoms with Crippen LogP contribution >= 0.6 is 0 Å². The van der Waals surface area contributed by atoms with Gasteiger partial charge in [0.2, 0.25) is 0 Å². The fourth-order valence-corrected chi connectivity index (χ4v) is 4.15. The van der Waals surface area contributed by atoms with Gasteiger partial charge in [-0.2, -0.15) is 0 Å². The van der Waals surface area contributed by atoms with Gasteiger partial charge in [0.25, 0.3) is 5.91 Å². The zero-order valence-electron chi connectivity index (χ0n) is 19.2. The molecule has 3 heterocycles. The summed E-state index contributed by atoms with van der Waals surface area (Å²) >= 11 is 0. The third-order valence-corrected chi connectivity index (χ3v) is 6.11. The van der Waals surface area contributed by atoms with Crippen molar-refractivity contribution in [3.8, 4) is 11.1 Å². The lowest BCUT2D eigenvalue weighted by Crippen LogP contribution is -2.38. The molecule has 1 amide bonds. The third-order valence-electron chi connectivity index (χ3n) is 6.11. The molecule has 0 saturated carbocycles. The Morgan fingerprint density at radius 2 is 1.82 bits per heavy atom. The summed E-state index contributed by atoms with van der Waals surface area (Å²) in [7, 11) is 0. The van der Waals surface area contributed by atoms with Gasteiger partial charge in [-0.15, -0.1) is 0 Å². The minimum absolute atomic E-state index is 0.149. The molecule has 170 valence electrons. The maximum Gasteiger partial charge on any atom is 0.267 e. The first-order valence-electron chi connectivity index (χ1n) is 11.6. The number of amides is 1. The van der Waals surface area contributed by atoms with Gasteiger partial charge >= 0.3 is 0 Å². The van der Waals surface area contributed by atoms with Crippen molar-refractivity contribution in [1.82, 2.24) is 19.5 Å². The largest absolute Gasteiger partial charge is 0.328 e. The van der Waals surface area contributed by atoms with Gasteiger partial charge in [-0.25, -0.2) is 10.8 Å². The number of nitrogens with zero attached hydrogens (tertiary/aromatic N) is 4. The first kappa shape index (κ1) is 21.8. The Kier molecular flexibility index (Phi) is 6.06. The monoisotopic (exact) mass is 449 g/mol. The zero-order valence-corrected chi connectivity index (χ0v) is 19.2. The van der Waals surface area contributed by atoms with Crippen molar-refractivity contribution < 1.29 is 4.79 Å². The molecular formula is C28H27N5O. The summed E-state index contributed by atoms with van der Waals surface area (Å²) in [6.07, 6.45) is 7.67. The van der Waals surface area contributed by atoms with Crippen molar-refractivity contribution in [1.29, 1.82) is 0 Å². The predicted octanol–water partition coefficient (Wildman–Crippen LogP) is 5.42. The summed E-state index contributed by atoms with van der Waals surface area (Å²) in [4.78, 5) is 21.7. The summed E-state index contributed by atoms with van der Waals surface area (Å²) in [6.45, 7) is 3.32. The van der Waals surface area contributed by atoms with Crippen molar-refractivity contribution in [2.45, 2.75) is 26.3 Å². The van der Waals surface area contributed by atoms with Crippen molar-refractivity contribution in [2.75, 3.05) is 6.54 Å². The first-order valence-corrected chi connectivity index (χ1v) is 11.6. The summed E-state index contributed by atoms with van der Waals surface area (Å²) in [5.41, 5.74) is 5.76. The lowest BCUT2D eigenvalue weighted by Gasteiger charge is -2.16. The molecular weight excluding hydrogens is 422 g/mol. The molecule has 6 nitrogen and oxygen atoms in total. The van der Waals surface area contributed by atoms with Crippen LogP contribution in [0.3, 0.4) is 0 Å². The van der Waals surface area contributed by atoms with E-state index in [1.165, 1.54) is 5.01 Å². The van der Waals surface area contributed by atoms with Gasteiger partial charge in [-0.05, 0) is 53.9 Å². The Morgan fingerprint density at radius 1 is 0.971 bits per heavy atom. The number of fused-ring (bicyclic) bond motifs is 2. The molecule has 5 aromatic rings. The maximum absolute atomic E-state index is 12.5. The molecule has 0 unspecified atom stereocenters. The van der Waals surface area contributed by atoms with Gasteiger partial charge in [-0.1, -0.05) is 43.7 Å². The summed E-state index contributed by atoms with van der Waals surface area (Å²) in [6, 6.07) is 22.2. The van der Waals surface area contributed by atoms with Gasteiger partial charge in [0.15, 0.2) is 0 Å². The van der Waals surface area contributed by atoms with E-state index in [9.17, 15) is 4.79 Å². The molecule has 0 spiro atoms. The molecule has 0 saturated heterocycles. The molecule has 0 aliphatic rings. The van der Waals surface area contributed by atoms with Crippen LogP contribution in [0.15, 0.2) is 85.3 Å². The van der Waals surface area contributed by atoms with Crippen LogP contribution in [0.2, 0.25) is 0 Å². The number of aromatic nitrogens is 3. The smallest absolute Gasteiger partial charge is 0.267 e. The van der Waals surface area contributed by atoms with E-state index in [0.717, 1.165) is 51.5 Å². The number of hydrazine groups is 1. The number of unbranched alkanes of at least 4 members (excludes halogenated alkanes) is 1. The molecule has 0 bridgehead atoms. The van der Waals surface area contributed by atoms with Gasteiger partial charge in [0.05, 0.1) is 5.52 Å². The van der Waals surface area contributed by atoms with Gasteiger partial charge < -0.3 is 4.57 Å². The number of hydrogen-bond donors (Lipinski definition) is 1. The molecule has 34 heavy (non-hydrogen) atoms. The Hall–Kier alpha value is -4.03. The normalized spacial score (nSPS) is 11.2. The van der Waals surface area contributed by atoms with Crippen LogP contribution in [0.4, 0.5) is 0 Å². The molecule has 3 aromatic heterocycles. The molecule has 0 aliphatic carbocycles. The van der Waals surface area contributed by atoms with Gasteiger partial charge in [0, 0.05) is 53.6 Å². The quantitative estimate of drug-likeness (QED) is 0.205. The summed E-state index contributed by atoms with van der Waals surface area (Å²) in [5.74, 6) is 5.75. The Morgan fingerprint density at radius 3 is 2.65 bits per heavy atom. The second-order valence-electron chi connectivity index (χ2n) is 8.54. The second kappa shape index (κ2) is 9.45. The minimum atomic E-state index is -0.149. The molecule has 0 atom stereocenters. The maximum atomic E-state index is 12.5. The molecule has 0 radical (unpaired) electrons. The highest BCUT2D eigenvalue weighted by atomic mass is 16.2. The predicted molar refractivity (Wildman–Crippen MR) is 136 cm³/mol. The second-order valence-corrected chi connectivity index (χ2v) is 8.54.